The Hall–Kier alpha value is -1.18. The lowest BCUT2D eigenvalue weighted by atomic mass is 9.92. The fourth-order valence-corrected chi connectivity index (χ4v) is 1.62. The van der Waals surface area contributed by atoms with Crippen LogP contribution in [0.4, 0.5) is 0 Å². The minimum Gasteiger partial charge on any atom is -0.294 e. The van der Waals surface area contributed by atoms with E-state index < -0.39 is 0 Å². The largest absolute Gasteiger partial charge is 0.294 e. The maximum absolute atomic E-state index is 12.0. The molecule has 2 nitrogen and oxygen atoms in total. The summed E-state index contributed by atoms with van der Waals surface area (Å²) in [6, 6.07) is 3.69. The van der Waals surface area contributed by atoms with Crippen LogP contribution in [0.2, 0.25) is 0 Å². The highest BCUT2D eigenvalue weighted by Gasteiger charge is 2.17. The second-order valence-corrected chi connectivity index (χ2v) is 3.51. The van der Waals surface area contributed by atoms with Crippen LogP contribution in [-0.2, 0) is 0 Å². The summed E-state index contributed by atoms with van der Waals surface area (Å²) in [5, 5.41) is 0. The molecule has 0 aliphatic rings. The number of aryl methyl sites for hydroxylation is 1. The van der Waals surface area contributed by atoms with Gasteiger partial charge >= 0.3 is 0 Å². The van der Waals surface area contributed by atoms with Crippen LogP contribution in [0.5, 0.6) is 0 Å². The second-order valence-electron chi connectivity index (χ2n) is 3.51. The Bertz CT molecular complexity index is 316. The van der Waals surface area contributed by atoms with Gasteiger partial charge in [0, 0.05) is 23.4 Å². The van der Waals surface area contributed by atoms with E-state index in [4.69, 9.17) is 0 Å². The van der Waals surface area contributed by atoms with E-state index in [0.717, 1.165) is 24.1 Å². The first kappa shape index (κ1) is 10.9. The molecule has 0 aromatic carbocycles. The summed E-state index contributed by atoms with van der Waals surface area (Å²) in [6.45, 7) is 5.99. The Morgan fingerprint density at radius 2 is 2.07 bits per heavy atom. The third-order valence-electron chi connectivity index (χ3n) is 2.63. The zero-order valence-electron chi connectivity index (χ0n) is 9.08. The van der Waals surface area contributed by atoms with Crippen LogP contribution in [-0.4, -0.2) is 10.8 Å². The van der Waals surface area contributed by atoms with Crippen LogP contribution in [0, 0.1) is 12.8 Å². The number of hydrogen-bond acceptors (Lipinski definition) is 2. The maximum atomic E-state index is 12.0. The summed E-state index contributed by atoms with van der Waals surface area (Å²) < 4.78 is 0. The number of pyridine rings is 1. The predicted octanol–water partition coefficient (Wildman–Crippen LogP) is 3.01. The Labute approximate surface area is 85.4 Å². The lowest BCUT2D eigenvalue weighted by Crippen LogP contribution is -2.14. The summed E-state index contributed by atoms with van der Waals surface area (Å²) in [7, 11) is 0. The molecule has 0 N–H and O–H groups in total. The molecule has 1 heterocycles. The molecule has 0 atom stereocenters. The monoisotopic (exact) mass is 191 g/mol. The van der Waals surface area contributed by atoms with Crippen LogP contribution in [0.25, 0.3) is 0 Å². The molecule has 1 aromatic heterocycles. The molecule has 0 radical (unpaired) electrons. The molecule has 0 aliphatic carbocycles. The Kier molecular flexibility index (Phi) is 3.81. The fraction of sp³-hybridized carbons (Fsp3) is 0.500. The van der Waals surface area contributed by atoms with E-state index in [1.54, 1.807) is 6.20 Å². The van der Waals surface area contributed by atoms with Crippen molar-refractivity contribution in [1.82, 2.24) is 4.98 Å². The number of Topliss-reactive ketones (excluding diaryl/α,β-unsaturated/α-hetero) is 1. The summed E-state index contributed by atoms with van der Waals surface area (Å²) in [5.74, 6) is 0.388. The molecule has 14 heavy (non-hydrogen) atoms. The van der Waals surface area contributed by atoms with Gasteiger partial charge in [-0.15, -0.1) is 0 Å². The molecule has 0 fully saturated rings. The van der Waals surface area contributed by atoms with Gasteiger partial charge in [-0.3, -0.25) is 9.78 Å². The number of hydrogen-bond donors (Lipinski definition) is 0. The average molecular weight is 191 g/mol. The first-order chi connectivity index (χ1) is 6.70. The molecule has 0 bridgehead atoms. The van der Waals surface area contributed by atoms with Crippen molar-refractivity contribution in [3.8, 4) is 0 Å². The normalized spacial score (nSPS) is 10.6. The summed E-state index contributed by atoms with van der Waals surface area (Å²) in [6.07, 6.45) is 3.53. The Balaban J connectivity index is 2.94. The lowest BCUT2D eigenvalue weighted by Gasteiger charge is -2.11. The average Bonchev–Trinajstić information content (AvgIpc) is 2.20. The van der Waals surface area contributed by atoms with E-state index in [1.165, 1.54) is 0 Å². The van der Waals surface area contributed by atoms with Crippen molar-refractivity contribution in [2.45, 2.75) is 33.6 Å². The van der Waals surface area contributed by atoms with Gasteiger partial charge in [0.05, 0.1) is 0 Å². The van der Waals surface area contributed by atoms with Gasteiger partial charge in [0.2, 0.25) is 0 Å². The second kappa shape index (κ2) is 4.89. The Morgan fingerprint density at radius 3 is 2.57 bits per heavy atom. The molecule has 0 aliphatic heterocycles. The van der Waals surface area contributed by atoms with Gasteiger partial charge in [-0.2, -0.15) is 0 Å². The van der Waals surface area contributed by atoms with Gasteiger partial charge in [-0.25, -0.2) is 0 Å². The molecule has 2 heteroatoms. The van der Waals surface area contributed by atoms with Crippen molar-refractivity contribution in [2.24, 2.45) is 5.92 Å². The third-order valence-corrected chi connectivity index (χ3v) is 2.63. The summed E-state index contributed by atoms with van der Waals surface area (Å²) >= 11 is 0. The van der Waals surface area contributed by atoms with Crippen molar-refractivity contribution in [1.29, 1.82) is 0 Å². The highest BCUT2D eigenvalue weighted by atomic mass is 16.1. The van der Waals surface area contributed by atoms with Crippen LogP contribution in [0.1, 0.15) is 42.7 Å². The Morgan fingerprint density at radius 1 is 1.43 bits per heavy atom. The third kappa shape index (κ3) is 2.19. The van der Waals surface area contributed by atoms with Gasteiger partial charge in [-0.05, 0) is 31.9 Å². The number of carbonyl (C=O) groups excluding carboxylic acids is 1. The lowest BCUT2D eigenvalue weighted by molar-refractivity contribution is 0.0912. The molecule has 0 amide bonds. The zero-order chi connectivity index (χ0) is 10.6. The van der Waals surface area contributed by atoms with Gasteiger partial charge < -0.3 is 0 Å². The number of carbonyl (C=O) groups is 1. The predicted molar refractivity (Wildman–Crippen MR) is 57.4 cm³/mol. The smallest absolute Gasteiger partial charge is 0.167 e. The van der Waals surface area contributed by atoms with Crippen LogP contribution in [0.3, 0.4) is 0 Å². The van der Waals surface area contributed by atoms with E-state index in [-0.39, 0.29) is 11.7 Å². The highest BCUT2D eigenvalue weighted by molar-refractivity contribution is 5.98. The van der Waals surface area contributed by atoms with E-state index in [9.17, 15) is 4.79 Å². The molecule has 76 valence electrons. The van der Waals surface area contributed by atoms with Crippen molar-refractivity contribution < 1.29 is 4.79 Å². The molecule has 1 aromatic rings. The molecule has 0 unspecified atom stereocenters. The molecular formula is C12H17NO. The van der Waals surface area contributed by atoms with Gasteiger partial charge in [-0.1, -0.05) is 13.8 Å². The van der Waals surface area contributed by atoms with Crippen molar-refractivity contribution in [3.05, 3.63) is 29.6 Å². The molecular weight excluding hydrogens is 174 g/mol. The first-order valence-corrected chi connectivity index (χ1v) is 5.16. The summed E-state index contributed by atoms with van der Waals surface area (Å²) in [4.78, 5) is 16.1. The topological polar surface area (TPSA) is 30.0 Å². The molecule has 1 rings (SSSR count). The van der Waals surface area contributed by atoms with Crippen LogP contribution in [0.15, 0.2) is 18.3 Å². The van der Waals surface area contributed by atoms with Crippen LogP contribution >= 0.6 is 0 Å². The number of nitrogens with zero attached hydrogens (tertiary/aromatic N) is 1. The molecule has 0 saturated carbocycles. The number of rotatable bonds is 4. The SMILES string of the molecule is CCC(CC)C(=O)c1cccnc1C. The van der Waals surface area contributed by atoms with E-state index >= 15 is 0 Å². The number of ketones is 1. The highest BCUT2D eigenvalue weighted by Crippen LogP contribution is 2.16. The first-order valence-electron chi connectivity index (χ1n) is 5.16. The van der Waals surface area contributed by atoms with Crippen LogP contribution < -0.4 is 0 Å². The van der Waals surface area contributed by atoms with Crippen molar-refractivity contribution in [3.63, 3.8) is 0 Å². The van der Waals surface area contributed by atoms with E-state index in [2.05, 4.69) is 18.8 Å². The maximum Gasteiger partial charge on any atom is 0.167 e. The number of aromatic nitrogens is 1. The summed E-state index contributed by atoms with van der Waals surface area (Å²) in [5.41, 5.74) is 1.62. The fourth-order valence-electron chi connectivity index (χ4n) is 1.62. The van der Waals surface area contributed by atoms with E-state index in [0.29, 0.717) is 0 Å². The van der Waals surface area contributed by atoms with Gasteiger partial charge in [0.15, 0.2) is 5.78 Å². The standard InChI is InChI=1S/C12H17NO/c1-4-10(5-2)12(14)11-7-6-8-13-9(11)3/h6-8,10H,4-5H2,1-3H3. The van der Waals surface area contributed by atoms with E-state index in [1.807, 2.05) is 19.1 Å². The van der Waals surface area contributed by atoms with Gasteiger partial charge in [0.25, 0.3) is 0 Å². The minimum absolute atomic E-state index is 0.151. The van der Waals surface area contributed by atoms with Crippen molar-refractivity contribution in [2.75, 3.05) is 0 Å². The van der Waals surface area contributed by atoms with Gasteiger partial charge in [0.1, 0.15) is 0 Å². The minimum atomic E-state index is 0.151. The van der Waals surface area contributed by atoms with Crippen molar-refractivity contribution >= 4 is 5.78 Å². The molecule has 0 saturated heterocycles. The molecule has 0 spiro atoms. The quantitative estimate of drug-likeness (QED) is 0.685. The zero-order valence-corrected chi connectivity index (χ0v) is 9.08.